The standard InChI is InChI=1S/C14H18N2O4/c15-7-11(9-4-2-1-3-5-9)13(18)16-8-10(17)6-12(16)14(19)20/h1-5,10-12,17H,6-8,15H2,(H,19,20)/t10-,11?,12-/m1/s1. The maximum Gasteiger partial charge on any atom is 0.326 e. The molecule has 6 heteroatoms. The van der Waals surface area contributed by atoms with Gasteiger partial charge in [-0.25, -0.2) is 4.79 Å². The van der Waals surface area contributed by atoms with E-state index in [9.17, 15) is 14.7 Å². The van der Waals surface area contributed by atoms with Crippen LogP contribution in [0.1, 0.15) is 17.9 Å². The van der Waals surface area contributed by atoms with E-state index in [2.05, 4.69) is 0 Å². The summed E-state index contributed by atoms with van der Waals surface area (Å²) >= 11 is 0. The lowest BCUT2D eigenvalue weighted by molar-refractivity contribution is -0.148. The van der Waals surface area contributed by atoms with Crippen LogP contribution in [0.25, 0.3) is 0 Å². The Labute approximate surface area is 116 Å². The summed E-state index contributed by atoms with van der Waals surface area (Å²) in [5.41, 5.74) is 6.43. The van der Waals surface area contributed by atoms with Crippen molar-refractivity contribution in [2.75, 3.05) is 13.1 Å². The number of carbonyl (C=O) groups excluding carboxylic acids is 1. The lowest BCUT2D eigenvalue weighted by atomic mass is 9.97. The number of carboxylic acid groups (broad SMARTS) is 1. The molecule has 0 aromatic heterocycles. The maximum atomic E-state index is 12.5. The first-order valence-electron chi connectivity index (χ1n) is 6.51. The number of aliphatic hydroxyl groups is 1. The van der Waals surface area contributed by atoms with Crippen LogP contribution in [0, 0.1) is 0 Å². The minimum atomic E-state index is -1.10. The monoisotopic (exact) mass is 278 g/mol. The Hall–Kier alpha value is -1.92. The average molecular weight is 278 g/mol. The summed E-state index contributed by atoms with van der Waals surface area (Å²) < 4.78 is 0. The van der Waals surface area contributed by atoms with Crippen molar-refractivity contribution >= 4 is 11.9 Å². The number of likely N-dealkylation sites (tertiary alicyclic amines) is 1. The lowest BCUT2D eigenvalue weighted by Gasteiger charge is -2.26. The van der Waals surface area contributed by atoms with Crippen molar-refractivity contribution in [3.05, 3.63) is 35.9 Å². The van der Waals surface area contributed by atoms with Gasteiger partial charge in [-0.2, -0.15) is 0 Å². The Kier molecular flexibility index (Phi) is 4.36. The second-order valence-corrected chi connectivity index (χ2v) is 4.93. The van der Waals surface area contributed by atoms with E-state index in [-0.39, 0.29) is 25.4 Å². The topological polar surface area (TPSA) is 104 Å². The molecule has 0 spiro atoms. The van der Waals surface area contributed by atoms with Crippen molar-refractivity contribution in [2.24, 2.45) is 5.73 Å². The zero-order valence-electron chi connectivity index (χ0n) is 11.0. The van der Waals surface area contributed by atoms with Crippen molar-refractivity contribution in [1.29, 1.82) is 0 Å². The number of carbonyl (C=O) groups is 2. The van der Waals surface area contributed by atoms with Gasteiger partial charge >= 0.3 is 5.97 Å². The number of carboxylic acids is 1. The van der Waals surface area contributed by atoms with Crippen molar-refractivity contribution in [1.82, 2.24) is 4.90 Å². The molecular formula is C14H18N2O4. The Balaban J connectivity index is 2.22. The number of nitrogens with zero attached hydrogens (tertiary/aromatic N) is 1. The van der Waals surface area contributed by atoms with Gasteiger partial charge in [0.15, 0.2) is 0 Å². The van der Waals surface area contributed by atoms with Crippen molar-refractivity contribution in [2.45, 2.75) is 24.5 Å². The quantitative estimate of drug-likeness (QED) is 0.706. The predicted molar refractivity (Wildman–Crippen MR) is 72.0 cm³/mol. The zero-order valence-corrected chi connectivity index (χ0v) is 11.0. The molecule has 1 saturated heterocycles. The van der Waals surface area contributed by atoms with Crippen molar-refractivity contribution in [3.63, 3.8) is 0 Å². The van der Waals surface area contributed by atoms with Crippen LogP contribution in [0.15, 0.2) is 30.3 Å². The molecule has 6 nitrogen and oxygen atoms in total. The second kappa shape index (κ2) is 6.02. The van der Waals surface area contributed by atoms with Gasteiger partial charge in [0, 0.05) is 19.5 Å². The van der Waals surface area contributed by atoms with E-state index in [1.165, 1.54) is 4.90 Å². The van der Waals surface area contributed by atoms with E-state index in [4.69, 9.17) is 10.8 Å². The fourth-order valence-corrected chi connectivity index (χ4v) is 2.56. The molecule has 0 saturated carbocycles. The highest BCUT2D eigenvalue weighted by Crippen LogP contribution is 2.24. The van der Waals surface area contributed by atoms with Crippen LogP contribution in [-0.2, 0) is 9.59 Å². The third-order valence-electron chi connectivity index (χ3n) is 3.58. The van der Waals surface area contributed by atoms with E-state index >= 15 is 0 Å². The largest absolute Gasteiger partial charge is 0.480 e. The number of nitrogens with two attached hydrogens (primary N) is 1. The third-order valence-corrected chi connectivity index (χ3v) is 3.58. The molecule has 1 fully saturated rings. The highest BCUT2D eigenvalue weighted by Gasteiger charge is 2.41. The van der Waals surface area contributed by atoms with Gasteiger partial charge < -0.3 is 20.8 Å². The number of benzene rings is 1. The van der Waals surface area contributed by atoms with Gasteiger partial charge in [0.05, 0.1) is 12.0 Å². The summed E-state index contributed by atoms with van der Waals surface area (Å²) in [6.07, 6.45) is -0.734. The molecule has 1 aromatic carbocycles. The van der Waals surface area contributed by atoms with Crippen molar-refractivity contribution < 1.29 is 19.8 Å². The second-order valence-electron chi connectivity index (χ2n) is 4.93. The fraction of sp³-hybridized carbons (Fsp3) is 0.429. The van der Waals surface area contributed by atoms with Crippen LogP contribution in [-0.4, -0.2) is 52.2 Å². The maximum absolute atomic E-state index is 12.5. The van der Waals surface area contributed by atoms with Crippen LogP contribution in [0.3, 0.4) is 0 Å². The summed E-state index contributed by atoms with van der Waals surface area (Å²) in [6, 6.07) is 8.05. The van der Waals surface area contributed by atoms with Gasteiger partial charge in [0.2, 0.25) is 5.91 Å². The van der Waals surface area contributed by atoms with Crippen LogP contribution in [0.5, 0.6) is 0 Å². The molecule has 1 heterocycles. The molecule has 0 aliphatic carbocycles. The van der Waals surface area contributed by atoms with E-state index in [0.29, 0.717) is 0 Å². The Bertz CT molecular complexity index is 491. The summed E-state index contributed by atoms with van der Waals surface area (Å²) in [4.78, 5) is 24.9. The van der Waals surface area contributed by atoms with Gasteiger partial charge in [-0.05, 0) is 5.56 Å². The predicted octanol–water partition coefficient (Wildman–Crippen LogP) is -0.225. The molecule has 3 atom stereocenters. The third kappa shape index (κ3) is 2.81. The zero-order chi connectivity index (χ0) is 14.7. The average Bonchev–Trinajstić information content (AvgIpc) is 2.83. The highest BCUT2D eigenvalue weighted by atomic mass is 16.4. The number of aliphatic hydroxyl groups excluding tert-OH is 1. The highest BCUT2D eigenvalue weighted by molar-refractivity contribution is 5.89. The number of hydrogen-bond acceptors (Lipinski definition) is 4. The molecule has 4 N–H and O–H groups in total. The van der Waals surface area contributed by atoms with Crippen LogP contribution < -0.4 is 5.73 Å². The molecule has 1 amide bonds. The molecule has 0 radical (unpaired) electrons. The van der Waals surface area contributed by atoms with E-state index in [0.717, 1.165) is 5.56 Å². The van der Waals surface area contributed by atoms with Crippen LogP contribution in [0.4, 0.5) is 0 Å². The first kappa shape index (κ1) is 14.5. The Morgan fingerprint density at radius 1 is 1.35 bits per heavy atom. The van der Waals surface area contributed by atoms with Crippen LogP contribution in [0.2, 0.25) is 0 Å². The smallest absolute Gasteiger partial charge is 0.326 e. The first-order chi connectivity index (χ1) is 9.54. The molecule has 108 valence electrons. The first-order valence-corrected chi connectivity index (χ1v) is 6.51. The number of hydrogen-bond donors (Lipinski definition) is 3. The number of rotatable bonds is 4. The van der Waals surface area contributed by atoms with E-state index < -0.39 is 24.0 Å². The van der Waals surface area contributed by atoms with E-state index in [1.54, 1.807) is 24.3 Å². The molecule has 1 aliphatic heterocycles. The normalized spacial score (nSPS) is 23.6. The van der Waals surface area contributed by atoms with Gasteiger partial charge in [0.25, 0.3) is 0 Å². The number of amides is 1. The van der Waals surface area contributed by atoms with E-state index in [1.807, 2.05) is 6.07 Å². The SMILES string of the molecule is NCC(C(=O)N1C[C@H](O)C[C@@H]1C(=O)O)c1ccccc1. The van der Waals surface area contributed by atoms with Crippen LogP contribution >= 0.6 is 0 Å². The fourth-order valence-electron chi connectivity index (χ4n) is 2.56. The summed E-state index contributed by atoms with van der Waals surface area (Å²) in [6.45, 7) is 0.140. The van der Waals surface area contributed by atoms with Crippen molar-refractivity contribution in [3.8, 4) is 0 Å². The Morgan fingerprint density at radius 2 is 2.00 bits per heavy atom. The van der Waals surface area contributed by atoms with Gasteiger partial charge in [-0.1, -0.05) is 30.3 Å². The van der Waals surface area contributed by atoms with Gasteiger partial charge in [0.1, 0.15) is 6.04 Å². The Morgan fingerprint density at radius 3 is 2.55 bits per heavy atom. The summed E-state index contributed by atoms with van der Waals surface area (Å²) in [7, 11) is 0. The number of aliphatic carboxylic acids is 1. The summed E-state index contributed by atoms with van der Waals surface area (Å²) in [5.74, 6) is -2.02. The molecule has 1 aliphatic rings. The van der Waals surface area contributed by atoms with Gasteiger partial charge in [-0.15, -0.1) is 0 Å². The summed E-state index contributed by atoms with van der Waals surface area (Å²) in [5, 5.41) is 18.7. The minimum Gasteiger partial charge on any atom is -0.480 e. The minimum absolute atomic E-state index is 0.0408. The molecule has 0 bridgehead atoms. The molecular weight excluding hydrogens is 260 g/mol. The molecule has 1 unspecified atom stereocenters. The molecule has 1 aromatic rings. The number of β-amino-alcohol motifs (C(OH)–C–C–N with tert-alkyl or cyclic N) is 1. The molecule has 2 rings (SSSR count). The molecule has 20 heavy (non-hydrogen) atoms. The van der Waals surface area contributed by atoms with Gasteiger partial charge in [-0.3, -0.25) is 4.79 Å². The lowest BCUT2D eigenvalue weighted by Crippen LogP contribution is -2.44.